The normalized spacial score (nSPS) is 11.1. The molecule has 31 heavy (non-hydrogen) atoms. The van der Waals surface area contributed by atoms with Gasteiger partial charge in [0.15, 0.2) is 5.84 Å². The molecule has 0 aliphatic carbocycles. The maximum atomic E-state index is 11.4. The number of amidine groups is 1. The van der Waals surface area contributed by atoms with Crippen molar-refractivity contribution in [1.29, 1.82) is 0 Å². The average molecular weight is 423 g/mol. The molecule has 0 saturated heterocycles. The van der Waals surface area contributed by atoms with Crippen molar-refractivity contribution in [2.75, 3.05) is 0 Å². The zero-order valence-electron chi connectivity index (χ0n) is 18.8. The largest absolute Gasteiger partial charge is 0.382 e. The van der Waals surface area contributed by atoms with E-state index in [-0.39, 0.29) is 5.69 Å². The number of rotatable bonds is 8. The van der Waals surface area contributed by atoms with Crippen molar-refractivity contribution < 1.29 is 0 Å². The summed E-state index contributed by atoms with van der Waals surface area (Å²) < 4.78 is 1.79. The molecule has 0 spiro atoms. The first-order valence-corrected chi connectivity index (χ1v) is 10.8. The summed E-state index contributed by atoms with van der Waals surface area (Å²) in [5, 5.41) is 3.53. The van der Waals surface area contributed by atoms with Gasteiger partial charge >= 0.3 is 5.69 Å². The summed E-state index contributed by atoms with van der Waals surface area (Å²) in [6.45, 7) is 7.14. The fourth-order valence-corrected chi connectivity index (χ4v) is 3.10. The molecule has 3 rings (SSSR count). The van der Waals surface area contributed by atoms with Crippen LogP contribution >= 0.6 is 0 Å². The van der Waals surface area contributed by atoms with Crippen LogP contribution in [0.4, 0.5) is 0 Å². The third kappa shape index (κ3) is 7.13. The summed E-state index contributed by atoms with van der Waals surface area (Å²) in [4.78, 5) is 18.7. The number of pyridine rings is 1. The SMILES string of the molecule is CCCCc1cn(CCCC)c(=O)[nH]1.Cc1ccc(-c2ccccc2/C(N)=N/N)nc1. The molecule has 0 aliphatic heterocycles. The number of aromatic nitrogens is 3. The van der Waals surface area contributed by atoms with Crippen LogP contribution in [0.2, 0.25) is 0 Å². The Balaban J connectivity index is 0.000000225. The first-order chi connectivity index (χ1) is 15.0. The standard InChI is InChI=1S/C13H14N4.C11H20N2O/c1-9-6-7-12(16-8-9)10-4-2-3-5-11(10)13(14)17-15;1-3-5-7-10-9-13(8-6-4-2)11(14)12-10/h2-8H,15H2,1H3,(H2,14,17);9H,3-8H2,1-2H3,(H,12,14). The van der Waals surface area contributed by atoms with E-state index in [1.165, 1.54) is 6.42 Å². The lowest BCUT2D eigenvalue weighted by Crippen LogP contribution is -2.16. The Morgan fingerprint density at radius 2 is 1.87 bits per heavy atom. The summed E-state index contributed by atoms with van der Waals surface area (Å²) in [6.07, 6.45) is 9.29. The van der Waals surface area contributed by atoms with Crippen LogP contribution in [0.5, 0.6) is 0 Å². The molecular formula is C24H34N6O. The highest BCUT2D eigenvalue weighted by atomic mass is 16.1. The molecular weight excluding hydrogens is 388 g/mol. The first kappa shape index (κ1) is 23.9. The predicted octanol–water partition coefficient (Wildman–Crippen LogP) is 3.96. The van der Waals surface area contributed by atoms with Crippen LogP contribution in [0, 0.1) is 6.92 Å². The van der Waals surface area contributed by atoms with Crippen molar-refractivity contribution >= 4 is 5.84 Å². The van der Waals surface area contributed by atoms with Crippen molar-refractivity contribution in [2.45, 2.75) is 59.4 Å². The lowest BCUT2D eigenvalue weighted by Gasteiger charge is -2.07. The van der Waals surface area contributed by atoms with Gasteiger partial charge in [0.05, 0.1) is 5.69 Å². The van der Waals surface area contributed by atoms with Crippen LogP contribution in [0.25, 0.3) is 11.3 Å². The second-order valence-corrected chi connectivity index (χ2v) is 7.52. The minimum Gasteiger partial charge on any atom is -0.382 e. The number of nitrogens with two attached hydrogens (primary N) is 2. The van der Waals surface area contributed by atoms with Gasteiger partial charge in [-0.05, 0) is 37.8 Å². The number of unbranched alkanes of at least 4 members (excludes halogenated alkanes) is 2. The van der Waals surface area contributed by atoms with Gasteiger partial charge in [0.2, 0.25) is 0 Å². The minimum atomic E-state index is 0.0459. The number of imidazole rings is 1. The molecule has 0 bridgehead atoms. The van der Waals surface area contributed by atoms with Gasteiger partial charge in [-0.3, -0.25) is 9.55 Å². The van der Waals surface area contributed by atoms with Gasteiger partial charge in [-0.15, -0.1) is 0 Å². The van der Waals surface area contributed by atoms with Gasteiger partial charge in [-0.2, -0.15) is 5.10 Å². The number of hydrazone groups is 1. The Morgan fingerprint density at radius 3 is 2.52 bits per heavy atom. The first-order valence-electron chi connectivity index (χ1n) is 10.8. The molecule has 7 heteroatoms. The Hall–Kier alpha value is -3.35. The van der Waals surface area contributed by atoms with E-state index < -0.39 is 0 Å². The Morgan fingerprint density at radius 1 is 1.13 bits per heavy atom. The number of H-pyrrole nitrogens is 1. The topological polar surface area (TPSA) is 115 Å². The van der Waals surface area contributed by atoms with Crippen LogP contribution < -0.4 is 17.3 Å². The van der Waals surface area contributed by atoms with Gasteiger partial charge < -0.3 is 16.6 Å². The van der Waals surface area contributed by atoms with Gasteiger partial charge in [-0.1, -0.05) is 57.0 Å². The third-order valence-electron chi connectivity index (χ3n) is 4.92. The van der Waals surface area contributed by atoms with Crippen molar-refractivity contribution in [3.8, 4) is 11.3 Å². The predicted molar refractivity (Wildman–Crippen MR) is 128 cm³/mol. The van der Waals surface area contributed by atoms with E-state index in [0.29, 0.717) is 5.84 Å². The highest BCUT2D eigenvalue weighted by Gasteiger charge is 2.08. The highest BCUT2D eigenvalue weighted by molar-refractivity contribution is 6.02. The summed E-state index contributed by atoms with van der Waals surface area (Å²) >= 11 is 0. The molecule has 0 saturated carbocycles. The second-order valence-electron chi connectivity index (χ2n) is 7.52. The molecule has 0 fully saturated rings. The number of nitrogens with one attached hydrogen (secondary N) is 1. The summed E-state index contributed by atoms with van der Waals surface area (Å²) in [5.74, 6) is 5.53. The van der Waals surface area contributed by atoms with Gasteiger partial charge in [0, 0.05) is 35.8 Å². The number of aromatic amines is 1. The molecule has 5 N–H and O–H groups in total. The second kappa shape index (κ2) is 12.4. The average Bonchev–Trinajstić information content (AvgIpc) is 3.16. The molecule has 0 radical (unpaired) electrons. The summed E-state index contributed by atoms with van der Waals surface area (Å²) in [7, 11) is 0. The lowest BCUT2D eigenvalue weighted by atomic mass is 10.0. The van der Waals surface area contributed by atoms with E-state index in [0.717, 1.165) is 60.3 Å². The maximum absolute atomic E-state index is 11.4. The Kier molecular flexibility index (Phi) is 9.55. The number of hydrogen-bond acceptors (Lipinski definition) is 4. The Labute approximate surface area is 184 Å². The molecule has 2 aromatic heterocycles. The molecule has 3 aromatic rings. The van der Waals surface area contributed by atoms with Crippen molar-refractivity contribution in [3.05, 3.63) is 76.1 Å². The zero-order valence-corrected chi connectivity index (χ0v) is 18.8. The number of nitrogens with zero attached hydrogens (tertiary/aromatic N) is 3. The van der Waals surface area contributed by atoms with Crippen LogP contribution in [0.3, 0.4) is 0 Å². The van der Waals surface area contributed by atoms with Crippen LogP contribution in [0.1, 0.15) is 56.4 Å². The molecule has 7 nitrogen and oxygen atoms in total. The molecule has 0 atom stereocenters. The van der Waals surface area contributed by atoms with E-state index in [1.807, 2.05) is 55.7 Å². The monoisotopic (exact) mass is 422 g/mol. The molecule has 0 aliphatic rings. The van der Waals surface area contributed by atoms with Crippen molar-refractivity contribution in [2.24, 2.45) is 16.7 Å². The van der Waals surface area contributed by atoms with Crippen molar-refractivity contribution in [1.82, 2.24) is 14.5 Å². The van der Waals surface area contributed by atoms with Crippen molar-refractivity contribution in [3.63, 3.8) is 0 Å². The Bertz CT molecular complexity index is 1020. The van der Waals surface area contributed by atoms with E-state index in [4.69, 9.17) is 11.6 Å². The van der Waals surface area contributed by atoms with Gasteiger partial charge in [-0.25, -0.2) is 4.79 Å². The number of hydrogen-bond donors (Lipinski definition) is 3. The summed E-state index contributed by atoms with van der Waals surface area (Å²) in [5.41, 5.74) is 10.6. The fraction of sp³-hybridized carbons (Fsp3) is 0.375. The van der Waals surface area contributed by atoms with E-state index in [1.54, 1.807) is 4.57 Å². The highest BCUT2D eigenvalue weighted by Crippen LogP contribution is 2.21. The van der Waals surface area contributed by atoms with E-state index in [9.17, 15) is 4.79 Å². The fourth-order valence-electron chi connectivity index (χ4n) is 3.10. The number of aryl methyl sites for hydroxylation is 3. The molecule has 0 unspecified atom stereocenters. The van der Waals surface area contributed by atoms with E-state index in [2.05, 4.69) is 28.9 Å². The molecule has 1 aromatic carbocycles. The quantitative estimate of drug-likeness (QED) is 0.221. The van der Waals surface area contributed by atoms with Crippen LogP contribution in [-0.2, 0) is 13.0 Å². The maximum Gasteiger partial charge on any atom is 0.325 e. The number of benzene rings is 1. The van der Waals surface area contributed by atoms with Gasteiger partial charge in [0.25, 0.3) is 0 Å². The third-order valence-corrected chi connectivity index (χ3v) is 4.92. The molecule has 2 heterocycles. The smallest absolute Gasteiger partial charge is 0.325 e. The van der Waals surface area contributed by atoms with Crippen LogP contribution in [0.15, 0.2) is 58.7 Å². The van der Waals surface area contributed by atoms with Crippen LogP contribution in [-0.4, -0.2) is 20.4 Å². The molecule has 166 valence electrons. The van der Waals surface area contributed by atoms with E-state index >= 15 is 0 Å². The van der Waals surface area contributed by atoms with Gasteiger partial charge in [0.1, 0.15) is 0 Å². The summed E-state index contributed by atoms with van der Waals surface area (Å²) in [6, 6.07) is 11.6. The molecule has 0 amide bonds. The lowest BCUT2D eigenvalue weighted by molar-refractivity contribution is 0.614. The zero-order chi connectivity index (χ0) is 22.6. The minimum absolute atomic E-state index is 0.0459.